The highest BCUT2D eigenvalue weighted by Gasteiger charge is 2.47. The Morgan fingerprint density at radius 2 is 2.00 bits per heavy atom. The van der Waals surface area contributed by atoms with Gasteiger partial charge in [0.05, 0.1) is 6.61 Å². The molecule has 0 saturated heterocycles. The fourth-order valence-electron chi connectivity index (χ4n) is 2.78. The molecule has 1 saturated carbocycles. The molecule has 3 heteroatoms. The Hall–Kier alpha value is -1.64. The summed E-state index contributed by atoms with van der Waals surface area (Å²) in [4.78, 5) is 24.6. The number of rotatable bonds is 4. The van der Waals surface area contributed by atoms with Crippen molar-refractivity contribution >= 4 is 11.8 Å². The van der Waals surface area contributed by atoms with E-state index in [0.29, 0.717) is 25.9 Å². The molecule has 1 fully saturated rings. The van der Waals surface area contributed by atoms with E-state index in [2.05, 4.69) is 0 Å². The van der Waals surface area contributed by atoms with Crippen LogP contribution >= 0.6 is 0 Å². The second-order valence-corrected chi connectivity index (χ2v) is 5.10. The maximum atomic E-state index is 12.3. The van der Waals surface area contributed by atoms with Gasteiger partial charge in [-0.2, -0.15) is 0 Å². The minimum absolute atomic E-state index is 0.0426. The zero-order chi connectivity index (χ0) is 13.7. The van der Waals surface area contributed by atoms with Gasteiger partial charge in [-0.25, -0.2) is 0 Å². The van der Waals surface area contributed by atoms with E-state index in [1.807, 2.05) is 30.3 Å². The summed E-state index contributed by atoms with van der Waals surface area (Å²) >= 11 is 0. The van der Waals surface area contributed by atoms with Crippen molar-refractivity contribution in [1.29, 1.82) is 0 Å². The Morgan fingerprint density at radius 1 is 1.26 bits per heavy atom. The summed E-state index contributed by atoms with van der Waals surface area (Å²) in [6.45, 7) is 2.10. The minimum atomic E-state index is -0.949. The molecule has 2 rings (SSSR count). The third kappa shape index (κ3) is 2.86. The summed E-state index contributed by atoms with van der Waals surface area (Å²) in [6, 6.07) is 9.72. The van der Waals surface area contributed by atoms with Gasteiger partial charge in [0.1, 0.15) is 5.41 Å². The molecule has 0 amide bonds. The lowest BCUT2D eigenvalue weighted by molar-refractivity contribution is -0.162. The van der Waals surface area contributed by atoms with E-state index in [1.54, 1.807) is 6.92 Å². The molecule has 1 atom stereocenters. The van der Waals surface area contributed by atoms with Crippen LogP contribution in [0.4, 0.5) is 0 Å². The minimum Gasteiger partial charge on any atom is -0.465 e. The first-order chi connectivity index (χ1) is 9.19. The van der Waals surface area contributed by atoms with Crippen molar-refractivity contribution < 1.29 is 14.3 Å². The van der Waals surface area contributed by atoms with E-state index in [-0.39, 0.29) is 11.8 Å². The molecular formula is C16H20O3. The molecular weight excluding hydrogens is 240 g/mol. The van der Waals surface area contributed by atoms with Crippen molar-refractivity contribution in [2.45, 2.75) is 39.0 Å². The highest BCUT2D eigenvalue weighted by Crippen LogP contribution is 2.37. The van der Waals surface area contributed by atoms with Crippen LogP contribution in [0.5, 0.6) is 0 Å². The van der Waals surface area contributed by atoms with Gasteiger partial charge >= 0.3 is 5.97 Å². The topological polar surface area (TPSA) is 43.4 Å². The second-order valence-electron chi connectivity index (χ2n) is 5.10. The van der Waals surface area contributed by atoms with Crippen LogP contribution in [-0.4, -0.2) is 18.4 Å². The SMILES string of the molecule is CCOC(=O)[C@@]1(Cc2ccccc2)CCCCC1=O. The quantitative estimate of drug-likeness (QED) is 0.617. The van der Waals surface area contributed by atoms with Gasteiger partial charge in [-0.3, -0.25) is 9.59 Å². The molecule has 1 aliphatic carbocycles. The lowest BCUT2D eigenvalue weighted by atomic mass is 9.69. The van der Waals surface area contributed by atoms with Gasteiger partial charge in [0.25, 0.3) is 0 Å². The van der Waals surface area contributed by atoms with E-state index in [9.17, 15) is 9.59 Å². The molecule has 0 heterocycles. The van der Waals surface area contributed by atoms with Crippen molar-refractivity contribution in [3.05, 3.63) is 35.9 Å². The van der Waals surface area contributed by atoms with Gasteiger partial charge < -0.3 is 4.74 Å². The summed E-state index contributed by atoms with van der Waals surface area (Å²) in [5.74, 6) is -0.301. The first-order valence-electron chi connectivity index (χ1n) is 6.93. The van der Waals surface area contributed by atoms with Gasteiger partial charge in [-0.1, -0.05) is 36.8 Å². The number of ether oxygens (including phenoxy) is 1. The van der Waals surface area contributed by atoms with Crippen LogP contribution in [0.2, 0.25) is 0 Å². The maximum absolute atomic E-state index is 12.3. The molecule has 0 spiro atoms. The number of carbonyl (C=O) groups excluding carboxylic acids is 2. The van der Waals surface area contributed by atoms with E-state index in [0.717, 1.165) is 18.4 Å². The normalized spacial score (nSPS) is 23.1. The molecule has 3 nitrogen and oxygen atoms in total. The summed E-state index contributed by atoms with van der Waals surface area (Å²) in [7, 11) is 0. The van der Waals surface area contributed by atoms with Crippen LogP contribution in [0.1, 0.15) is 38.2 Å². The Morgan fingerprint density at radius 3 is 2.63 bits per heavy atom. The number of benzene rings is 1. The Balaban J connectivity index is 2.28. The van der Waals surface area contributed by atoms with Crippen molar-refractivity contribution in [3.63, 3.8) is 0 Å². The molecule has 1 aromatic rings. The lowest BCUT2D eigenvalue weighted by Crippen LogP contribution is -2.44. The van der Waals surface area contributed by atoms with Crippen molar-refractivity contribution in [2.75, 3.05) is 6.61 Å². The monoisotopic (exact) mass is 260 g/mol. The Bertz CT molecular complexity index is 452. The molecule has 102 valence electrons. The highest BCUT2D eigenvalue weighted by atomic mass is 16.5. The average Bonchev–Trinajstić information content (AvgIpc) is 2.43. The van der Waals surface area contributed by atoms with Gasteiger partial charge in [0, 0.05) is 6.42 Å². The lowest BCUT2D eigenvalue weighted by Gasteiger charge is -2.33. The van der Waals surface area contributed by atoms with Crippen LogP contribution in [0, 0.1) is 5.41 Å². The van der Waals surface area contributed by atoms with Crippen LogP contribution in [-0.2, 0) is 20.7 Å². The van der Waals surface area contributed by atoms with Gasteiger partial charge in [-0.15, -0.1) is 0 Å². The molecule has 1 aliphatic rings. The molecule has 0 aromatic heterocycles. The molecule has 1 aromatic carbocycles. The number of carbonyl (C=O) groups is 2. The summed E-state index contributed by atoms with van der Waals surface area (Å²) < 4.78 is 5.17. The van der Waals surface area contributed by atoms with E-state index >= 15 is 0 Å². The number of ketones is 1. The van der Waals surface area contributed by atoms with Gasteiger partial charge in [0.2, 0.25) is 0 Å². The van der Waals surface area contributed by atoms with Crippen molar-refractivity contribution in [3.8, 4) is 0 Å². The van der Waals surface area contributed by atoms with Crippen molar-refractivity contribution in [1.82, 2.24) is 0 Å². The molecule has 0 radical (unpaired) electrons. The number of hydrogen-bond acceptors (Lipinski definition) is 3. The standard InChI is InChI=1S/C16H20O3/c1-2-19-15(18)16(11-7-6-10-14(16)17)12-13-8-4-3-5-9-13/h3-5,8-9H,2,6-7,10-12H2,1H3/t16-/m1/s1. The largest absolute Gasteiger partial charge is 0.465 e. The zero-order valence-electron chi connectivity index (χ0n) is 11.4. The van der Waals surface area contributed by atoms with Gasteiger partial charge in [0.15, 0.2) is 5.78 Å². The number of Topliss-reactive ketones (excluding diaryl/α,β-unsaturated/α-hetero) is 1. The molecule has 0 aliphatic heterocycles. The second kappa shape index (κ2) is 6.00. The van der Waals surface area contributed by atoms with Crippen LogP contribution in [0.25, 0.3) is 0 Å². The summed E-state index contributed by atoms with van der Waals surface area (Å²) in [5, 5.41) is 0. The number of hydrogen-bond donors (Lipinski definition) is 0. The average molecular weight is 260 g/mol. The third-order valence-electron chi connectivity index (χ3n) is 3.81. The smallest absolute Gasteiger partial charge is 0.319 e. The van der Waals surface area contributed by atoms with E-state index < -0.39 is 5.41 Å². The Kier molecular flexibility index (Phi) is 4.35. The predicted molar refractivity (Wildman–Crippen MR) is 72.7 cm³/mol. The highest BCUT2D eigenvalue weighted by molar-refractivity contribution is 6.04. The van der Waals surface area contributed by atoms with Crippen LogP contribution in [0.3, 0.4) is 0 Å². The molecule has 0 bridgehead atoms. The summed E-state index contributed by atoms with van der Waals surface area (Å²) in [5.41, 5.74) is 0.0705. The summed E-state index contributed by atoms with van der Waals surface area (Å²) in [6.07, 6.45) is 3.36. The number of esters is 1. The van der Waals surface area contributed by atoms with Gasteiger partial charge in [-0.05, 0) is 31.7 Å². The maximum Gasteiger partial charge on any atom is 0.319 e. The fraction of sp³-hybridized carbons (Fsp3) is 0.500. The Labute approximate surface area is 114 Å². The first kappa shape index (κ1) is 13.8. The first-order valence-corrected chi connectivity index (χ1v) is 6.93. The van der Waals surface area contributed by atoms with Crippen LogP contribution in [0.15, 0.2) is 30.3 Å². The third-order valence-corrected chi connectivity index (χ3v) is 3.81. The molecule has 0 N–H and O–H groups in total. The van der Waals surface area contributed by atoms with E-state index in [4.69, 9.17) is 4.74 Å². The molecule has 0 unspecified atom stereocenters. The van der Waals surface area contributed by atoms with Crippen molar-refractivity contribution in [2.24, 2.45) is 5.41 Å². The fourth-order valence-corrected chi connectivity index (χ4v) is 2.78. The van der Waals surface area contributed by atoms with E-state index in [1.165, 1.54) is 0 Å². The van der Waals surface area contributed by atoms with Crippen LogP contribution < -0.4 is 0 Å². The predicted octanol–water partition coefficient (Wildman–Crippen LogP) is 2.92. The molecule has 19 heavy (non-hydrogen) atoms. The zero-order valence-corrected chi connectivity index (χ0v) is 11.4.